The maximum atomic E-state index is 11.7. The topological polar surface area (TPSA) is 85.9 Å². The third-order valence-electron chi connectivity index (χ3n) is 2.48. The maximum absolute atomic E-state index is 11.7. The average Bonchev–Trinajstić information content (AvgIpc) is 2.59. The number of hydrogen-bond acceptors (Lipinski definition) is 5. The Bertz CT molecular complexity index is 348. The van der Waals surface area contributed by atoms with Crippen LogP contribution in [0.4, 0.5) is 9.59 Å². The fourth-order valence-electron chi connectivity index (χ4n) is 1.76. The van der Waals surface area contributed by atoms with Gasteiger partial charge in [0.25, 0.3) is 0 Å². The summed E-state index contributed by atoms with van der Waals surface area (Å²) in [5.41, 5.74) is -1.14. The molecule has 1 aliphatic heterocycles. The first-order valence-corrected chi connectivity index (χ1v) is 7.03. The van der Waals surface area contributed by atoms with E-state index in [0.29, 0.717) is 13.2 Å². The van der Waals surface area contributed by atoms with Gasteiger partial charge in [0.15, 0.2) is 0 Å². The molecule has 2 atom stereocenters. The van der Waals surface area contributed by atoms with Crippen molar-refractivity contribution >= 4 is 12.2 Å². The Labute approximate surface area is 125 Å². The van der Waals surface area contributed by atoms with Crippen LogP contribution in [0.2, 0.25) is 0 Å². The molecule has 0 radical (unpaired) electrons. The molecule has 1 aliphatic rings. The van der Waals surface area contributed by atoms with Crippen LogP contribution in [0.5, 0.6) is 0 Å². The van der Waals surface area contributed by atoms with E-state index in [1.54, 1.807) is 41.5 Å². The summed E-state index contributed by atoms with van der Waals surface area (Å²) in [7, 11) is 0. The zero-order valence-corrected chi connectivity index (χ0v) is 13.6. The van der Waals surface area contributed by atoms with E-state index in [-0.39, 0.29) is 12.1 Å². The highest BCUT2D eigenvalue weighted by atomic mass is 16.6. The molecule has 0 spiro atoms. The van der Waals surface area contributed by atoms with Crippen molar-refractivity contribution in [1.29, 1.82) is 0 Å². The lowest BCUT2D eigenvalue weighted by molar-refractivity contribution is 0.0447. The summed E-state index contributed by atoms with van der Waals surface area (Å²) >= 11 is 0. The van der Waals surface area contributed by atoms with Crippen LogP contribution in [0.3, 0.4) is 0 Å². The van der Waals surface area contributed by atoms with Crippen molar-refractivity contribution < 1.29 is 23.8 Å². The number of hydrogen-bond donors (Lipinski definition) is 2. The van der Waals surface area contributed by atoms with Gasteiger partial charge in [-0.2, -0.15) is 0 Å². The van der Waals surface area contributed by atoms with Crippen molar-refractivity contribution in [3.8, 4) is 0 Å². The molecular formula is C14H26N2O5. The van der Waals surface area contributed by atoms with E-state index >= 15 is 0 Å². The van der Waals surface area contributed by atoms with Gasteiger partial charge in [0.05, 0.1) is 25.3 Å². The molecule has 0 saturated carbocycles. The molecule has 7 nitrogen and oxygen atoms in total. The van der Waals surface area contributed by atoms with Crippen LogP contribution in [0.25, 0.3) is 0 Å². The van der Waals surface area contributed by atoms with Crippen LogP contribution >= 0.6 is 0 Å². The van der Waals surface area contributed by atoms with Crippen molar-refractivity contribution in [2.75, 3.05) is 13.2 Å². The molecule has 0 aromatic rings. The second-order valence-corrected chi connectivity index (χ2v) is 7.04. The SMILES string of the molecule is CC(C)(C)OC(=O)N[C@H]1COC[C@H]1NC(=O)OC(C)(C)C. The molecule has 2 amide bonds. The number of carbonyl (C=O) groups excluding carboxylic acids is 2. The molecule has 122 valence electrons. The second kappa shape index (κ2) is 6.51. The normalized spacial score (nSPS) is 22.6. The van der Waals surface area contributed by atoms with Crippen molar-refractivity contribution in [1.82, 2.24) is 10.6 Å². The summed E-state index contributed by atoms with van der Waals surface area (Å²) in [4.78, 5) is 23.5. The Morgan fingerprint density at radius 2 is 1.19 bits per heavy atom. The summed E-state index contributed by atoms with van der Waals surface area (Å²) < 4.78 is 15.7. The highest BCUT2D eigenvalue weighted by molar-refractivity contribution is 5.70. The molecule has 0 aliphatic carbocycles. The van der Waals surface area contributed by atoms with Gasteiger partial charge >= 0.3 is 12.2 Å². The van der Waals surface area contributed by atoms with Gasteiger partial charge in [-0.3, -0.25) is 0 Å². The van der Waals surface area contributed by atoms with E-state index in [9.17, 15) is 9.59 Å². The Morgan fingerprint density at radius 1 is 0.857 bits per heavy atom. The van der Waals surface area contributed by atoms with E-state index in [1.807, 2.05) is 0 Å². The summed E-state index contributed by atoms with van der Waals surface area (Å²) in [6, 6.07) is -0.681. The summed E-state index contributed by atoms with van der Waals surface area (Å²) in [5, 5.41) is 5.39. The average molecular weight is 302 g/mol. The molecule has 0 aromatic heterocycles. The molecule has 1 saturated heterocycles. The zero-order valence-electron chi connectivity index (χ0n) is 13.6. The molecule has 1 heterocycles. The van der Waals surface area contributed by atoms with Crippen LogP contribution in [0.15, 0.2) is 0 Å². The molecule has 0 bridgehead atoms. The first-order chi connectivity index (χ1) is 9.46. The first kappa shape index (κ1) is 17.6. The molecule has 1 fully saturated rings. The monoisotopic (exact) mass is 302 g/mol. The van der Waals surface area contributed by atoms with E-state index in [0.717, 1.165) is 0 Å². The van der Waals surface area contributed by atoms with Crippen LogP contribution in [-0.2, 0) is 14.2 Å². The molecule has 7 heteroatoms. The predicted octanol–water partition coefficient (Wildman–Crippen LogP) is 1.80. The number of rotatable bonds is 2. The quantitative estimate of drug-likeness (QED) is 0.812. The molecular weight excluding hydrogens is 276 g/mol. The zero-order chi connectivity index (χ0) is 16.3. The van der Waals surface area contributed by atoms with Gasteiger partial charge in [-0.25, -0.2) is 9.59 Å². The Morgan fingerprint density at radius 3 is 1.48 bits per heavy atom. The third-order valence-corrected chi connectivity index (χ3v) is 2.48. The van der Waals surface area contributed by atoms with E-state index < -0.39 is 23.4 Å². The second-order valence-electron chi connectivity index (χ2n) is 7.04. The number of nitrogens with one attached hydrogen (secondary N) is 2. The minimum Gasteiger partial charge on any atom is -0.444 e. The third kappa shape index (κ3) is 7.17. The molecule has 0 unspecified atom stereocenters. The lowest BCUT2D eigenvalue weighted by atomic mass is 10.1. The van der Waals surface area contributed by atoms with Crippen molar-refractivity contribution in [3.63, 3.8) is 0 Å². The fraction of sp³-hybridized carbons (Fsp3) is 0.857. The predicted molar refractivity (Wildman–Crippen MR) is 77.1 cm³/mol. The number of carbonyl (C=O) groups is 2. The summed E-state index contributed by atoms with van der Waals surface area (Å²) in [6.45, 7) is 11.4. The highest BCUT2D eigenvalue weighted by Crippen LogP contribution is 2.12. The number of alkyl carbamates (subject to hydrolysis) is 2. The van der Waals surface area contributed by atoms with Gasteiger partial charge in [-0.05, 0) is 41.5 Å². The van der Waals surface area contributed by atoms with E-state index in [4.69, 9.17) is 14.2 Å². The Kier molecular flexibility index (Phi) is 5.44. The minimum absolute atomic E-state index is 0.319. The van der Waals surface area contributed by atoms with Gasteiger partial charge in [-0.1, -0.05) is 0 Å². The van der Waals surface area contributed by atoms with Crippen LogP contribution in [-0.4, -0.2) is 48.7 Å². The smallest absolute Gasteiger partial charge is 0.408 e. The summed E-state index contributed by atoms with van der Waals surface area (Å²) in [5.74, 6) is 0. The van der Waals surface area contributed by atoms with Crippen LogP contribution < -0.4 is 10.6 Å². The van der Waals surface area contributed by atoms with Crippen LogP contribution in [0, 0.1) is 0 Å². The highest BCUT2D eigenvalue weighted by Gasteiger charge is 2.33. The van der Waals surface area contributed by atoms with Gasteiger partial charge in [0.2, 0.25) is 0 Å². The Balaban J connectivity index is 2.48. The first-order valence-electron chi connectivity index (χ1n) is 7.03. The summed E-state index contributed by atoms with van der Waals surface area (Å²) in [6.07, 6.45) is -1.07. The largest absolute Gasteiger partial charge is 0.444 e. The lowest BCUT2D eigenvalue weighted by Crippen LogP contribution is -2.52. The lowest BCUT2D eigenvalue weighted by Gasteiger charge is -2.25. The van der Waals surface area contributed by atoms with Gasteiger partial charge < -0.3 is 24.8 Å². The minimum atomic E-state index is -0.572. The van der Waals surface area contributed by atoms with Crippen molar-refractivity contribution in [2.24, 2.45) is 0 Å². The molecule has 21 heavy (non-hydrogen) atoms. The van der Waals surface area contributed by atoms with E-state index in [2.05, 4.69) is 10.6 Å². The van der Waals surface area contributed by atoms with Gasteiger partial charge in [0.1, 0.15) is 11.2 Å². The van der Waals surface area contributed by atoms with Crippen molar-refractivity contribution in [2.45, 2.75) is 64.8 Å². The van der Waals surface area contributed by atoms with Crippen LogP contribution in [0.1, 0.15) is 41.5 Å². The number of amides is 2. The maximum Gasteiger partial charge on any atom is 0.408 e. The number of ether oxygens (including phenoxy) is 3. The van der Waals surface area contributed by atoms with Gasteiger partial charge in [0, 0.05) is 0 Å². The fourth-order valence-corrected chi connectivity index (χ4v) is 1.76. The molecule has 2 N–H and O–H groups in total. The standard InChI is InChI=1S/C14H26N2O5/c1-13(2,3)20-11(17)15-9-7-19-8-10(9)16-12(18)21-14(4,5)6/h9-10H,7-8H2,1-6H3,(H,15,17)(H,16,18)/t9-,10+. The molecule has 1 rings (SSSR count). The van der Waals surface area contributed by atoms with E-state index in [1.165, 1.54) is 0 Å². The Hall–Kier alpha value is -1.50. The van der Waals surface area contributed by atoms with Crippen molar-refractivity contribution in [3.05, 3.63) is 0 Å². The molecule has 0 aromatic carbocycles. The van der Waals surface area contributed by atoms with Gasteiger partial charge in [-0.15, -0.1) is 0 Å².